The molecule has 2 heterocycles. The van der Waals surface area contributed by atoms with Crippen LogP contribution in [0, 0.1) is 0 Å². The van der Waals surface area contributed by atoms with Crippen molar-refractivity contribution in [3.63, 3.8) is 0 Å². The number of nitrogens with two attached hydrogens (primary N) is 1. The molecule has 6 nitrogen and oxygen atoms in total. The lowest BCUT2D eigenvalue weighted by Gasteiger charge is -2.20. The maximum Gasteiger partial charge on any atom is 0.262 e. The minimum absolute atomic E-state index is 0. The second kappa shape index (κ2) is 8.80. The number of imidazole rings is 1. The van der Waals surface area contributed by atoms with E-state index >= 15 is 0 Å². The van der Waals surface area contributed by atoms with Gasteiger partial charge in [0.15, 0.2) is 5.03 Å². The molecule has 0 spiro atoms. The summed E-state index contributed by atoms with van der Waals surface area (Å²) in [4.78, 5) is 4.37. The lowest BCUT2D eigenvalue weighted by molar-refractivity contribution is 0.420. The van der Waals surface area contributed by atoms with Crippen molar-refractivity contribution < 1.29 is 8.42 Å². The number of nitrogens with zero attached hydrogens (tertiary/aromatic N) is 3. The first-order valence-corrected chi connectivity index (χ1v) is 9.85. The standard InChI is InChI=1S/C17H24N4O2S.ClH/c18-10-13-21(12-9-15-6-2-1-3-7-15)24(22,23)17-14-20-11-5-4-8-16(20)19-17;/h1-3,6-7,14H,4-5,8-13,18H2;1H. The van der Waals surface area contributed by atoms with Crippen LogP contribution >= 0.6 is 12.4 Å². The first-order valence-electron chi connectivity index (χ1n) is 8.41. The van der Waals surface area contributed by atoms with Crippen molar-refractivity contribution >= 4 is 22.4 Å². The summed E-state index contributed by atoms with van der Waals surface area (Å²) in [6.45, 7) is 1.85. The lowest BCUT2D eigenvalue weighted by Crippen LogP contribution is -2.37. The van der Waals surface area contributed by atoms with Crippen LogP contribution in [0.2, 0.25) is 0 Å². The van der Waals surface area contributed by atoms with Crippen molar-refractivity contribution in [2.24, 2.45) is 5.73 Å². The van der Waals surface area contributed by atoms with Crippen LogP contribution in [-0.2, 0) is 29.4 Å². The average Bonchev–Trinajstić information content (AvgIpc) is 3.04. The van der Waals surface area contributed by atoms with Crippen LogP contribution in [-0.4, -0.2) is 41.9 Å². The number of hydrogen-bond acceptors (Lipinski definition) is 4. The Hall–Kier alpha value is -1.41. The molecule has 0 fully saturated rings. The summed E-state index contributed by atoms with van der Waals surface area (Å²) < 4.78 is 29.3. The summed E-state index contributed by atoms with van der Waals surface area (Å²) in [5.74, 6) is 0.871. The largest absolute Gasteiger partial charge is 0.333 e. The molecule has 0 amide bonds. The zero-order valence-corrected chi connectivity index (χ0v) is 15.8. The predicted molar refractivity (Wildman–Crippen MR) is 100 cm³/mol. The number of aromatic nitrogens is 2. The zero-order valence-electron chi connectivity index (χ0n) is 14.2. The Labute approximate surface area is 155 Å². The fraction of sp³-hybridized carbons (Fsp3) is 0.471. The number of halogens is 1. The van der Waals surface area contributed by atoms with Crippen LogP contribution < -0.4 is 5.73 Å². The fourth-order valence-corrected chi connectivity index (χ4v) is 4.46. The Balaban J connectivity index is 0.00000225. The van der Waals surface area contributed by atoms with Gasteiger partial charge in [0.05, 0.1) is 0 Å². The van der Waals surface area contributed by atoms with Gasteiger partial charge in [-0.1, -0.05) is 30.3 Å². The van der Waals surface area contributed by atoms with Crippen LogP contribution in [0.3, 0.4) is 0 Å². The number of fused-ring (bicyclic) bond motifs is 1. The van der Waals surface area contributed by atoms with E-state index in [0.29, 0.717) is 26.1 Å². The Morgan fingerprint density at radius 1 is 1.16 bits per heavy atom. The third kappa shape index (κ3) is 4.61. The molecule has 2 N–H and O–H groups in total. The zero-order chi connectivity index (χ0) is 17.0. The molecule has 0 atom stereocenters. The smallest absolute Gasteiger partial charge is 0.262 e. The highest BCUT2D eigenvalue weighted by molar-refractivity contribution is 7.89. The molecule has 0 unspecified atom stereocenters. The van der Waals surface area contributed by atoms with E-state index < -0.39 is 10.0 Å². The molecule has 0 bridgehead atoms. The molecule has 8 heteroatoms. The van der Waals surface area contributed by atoms with E-state index in [4.69, 9.17) is 5.73 Å². The highest BCUT2D eigenvalue weighted by Crippen LogP contribution is 2.20. The summed E-state index contributed by atoms with van der Waals surface area (Å²) in [7, 11) is -3.61. The summed E-state index contributed by atoms with van der Waals surface area (Å²) in [6.07, 6.45) is 5.32. The normalized spacial score (nSPS) is 14.2. The number of hydrogen-bond donors (Lipinski definition) is 1. The molecular formula is C17H25ClN4O2S. The van der Waals surface area contributed by atoms with Crippen molar-refractivity contribution in [3.05, 3.63) is 47.9 Å². The topological polar surface area (TPSA) is 81.2 Å². The van der Waals surface area contributed by atoms with Gasteiger partial charge in [0.1, 0.15) is 5.82 Å². The van der Waals surface area contributed by atoms with E-state index in [2.05, 4.69) is 4.98 Å². The van der Waals surface area contributed by atoms with Gasteiger partial charge < -0.3 is 10.3 Å². The minimum atomic E-state index is -3.61. The molecule has 1 aliphatic rings. The van der Waals surface area contributed by atoms with Crippen molar-refractivity contribution in [3.8, 4) is 0 Å². The van der Waals surface area contributed by atoms with Crippen molar-refractivity contribution in [2.45, 2.75) is 37.3 Å². The van der Waals surface area contributed by atoms with E-state index in [0.717, 1.165) is 37.2 Å². The molecule has 3 rings (SSSR count). The van der Waals surface area contributed by atoms with Crippen molar-refractivity contribution in [1.29, 1.82) is 0 Å². The number of benzene rings is 1. The van der Waals surface area contributed by atoms with Gasteiger partial charge in [0.2, 0.25) is 0 Å². The SMILES string of the molecule is Cl.NCCN(CCc1ccccc1)S(=O)(=O)c1cn2c(n1)CCCC2. The summed E-state index contributed by atoms with van der Waals surface area (Å²) in [6, 6.07) is 9.87. The monoisotopic (exact) mass is 384 g/mol. The van der Waals surface area contributed by atoms with Gasteiger partial charge in [-0.3, -0.25) is 0 Å². The quantitative estimate of drug-likeness (QED) is 0.789. The van der Waals surface area contributed by atoms with Gasteiger partial charge in [-0.25, -0.2) is 13.4 Å². The lowest BCUT2D eigenvalue weighted by atomic mass is 10.1. The molecular weight excluding hydrogens is 360 g/mol. The van der Waals surface area contributed by atoms with Crippen LogP contribution in [0.1, 0.15) is 24.2 Å². The molecule has 25 heavy (non-hydrogen) atoms. The second-order valence-corrected chi connectivity index (χ2v) is 7.96. The Morgan fingerprint density at radius 2 is 1.92 bits per heavy atom. The van der Waals surface area contributed by atoms with E-state index in [-0.39, 0.29) is 17.4 Å². The van der Waals surface area contributed by atoms with Crippen LogP contribution in [0.25, 0.3) is 0 Å². The number of aryl methyl sites for hydroxylation is 2. The van der Waals surface area contributed by atoms with Gasteiger partial charge in [-0.05, 0) is 24.8 Å². The molecule has 1 aromatic carbocycles. The molecule has 0 aliphatic carbocycles. The molecule has 1 aromatic heterocycles. The van der Waals surface area contributed by atoms with Gasteiger partial charge in [-0.2, -0.15) is 4.31 Å². The highest BCUT2D eigenvalue weighted by atomic mass is 35.5. The molecule has 138 valence electrons. The van der Waals surface area contributed by atoms with Crippen molar-refractivity contribution in [2.75, 3.05) is 19.6 Å². The number of rotatable bonds is 7. The first kappa shape index (κ1) is 19.9. The first-order chi connectivity index (χ1) is 11.6. The summed E-state index contributed by atoms with van der Waals surface area (Å²) in [5.41, 5.74) is 6.75. The van der Waals surface area contributed by atoms with Gasteiger partial charge in [-0.15, -0.1) is 12.4 Å². The Morgan fingerprint density at radius 3 is 2.60 bits per heavy atom. The second-order valence-electron chi connectivity index (χ2n) is 6.07. The fourth-order valence-electron chi connectivity index (χ4n) is 3.04. The third-order valence-corrected chi connectivity index (χ3v) is 6.13. The van der Waals surface area contributed by atoms with Crippen LogP contribution in [0.15, 0.2) is 41.6 Å². The van der Waals surface area contributed by atoms with E-state index in [1.54, 1.807) is 6.20 Å². The summed E-state index contributed by atoms with van der Waals surface area (Å²) in [5, 5.41) is 0.154. The van der Waals surface area contributed by atoms with Crippen LogP contribution in [0.5, 0.6) is 0 Å². The molecule has 0 saturated carbocycles. The maximum atomic E-state index is 13.0. The average molecular weight is 385 g/mol. The maximum absolute atomic E-state index is 13.0. The molecule has 2 aromatic rings. The Kier molecular flexibility index (Phi) is 7.01. The highest BCUT2D eigenvalue weighted by Gasteiger charge is 2.28. The van der Waals surface area contributed by atoms with Crippen LogP contribution in [0.4, 0.5) is 0 Å². The predicted octanol–water partition coefficient (Wildman–Crippen LogP) is 1.83. The molecule has 0 saturated heterocycles. The van der Waals surface area contributed by atoms with E-state index in [1.807, 2.05) is 34.9 Å². The van der Waals surface area contributed by atoms with E-state index in [1.165, 1.54) is 4.31 Å². The van der Waals surface area contributed by atoms with Gasteiger partial charge in [0.25, 0.3) is 10.0 Å². The van der Waals surface area contributed by atoms with Gasteiger partial charge in [0, 0.05) is 38.8 Å². The number of sulfonamides is 1. The Bertz CT molecular complexity index is 754. The minimum Gasteiger partial charge on any atom is -0.333 e. The van der Waals surface area contributed by atoms with Gasteiger partial charge >= 0.3 is 0 Å². The molecule has 0 radical (unpaired) electrons. The van der Waals surface area contributed by atoms with E-state index in [9.17, 15) is 8.42 Å². The summed E-state index contributed by atoms with van der Waals surface area (Å²) >= 11 is 0. The molecule has 1 aliphatic heterocycles. The third-order valence-electron chi connectivity index (χ3n) is 4.36. The van der Waals surface area contributed by atoms with Crippen molar-refractivity contribution in [1.82, 2.24) is 13.9 Å².